The van der Waals surface area contributed by atoms with E-state index in [1.54, 1.807) is 0 Å². The SMILES string of the molecule is COC(=O)c1ccc(OC)c(N/C=C/C(=O)C(F)(F)F)c1. The van der Waals surface area contributed by atoms with Crippen LogP contribution in [0.2, 0.25) is 0 Å². The zero-order chi connectivity index (χ0) is 16.0. The molecule has 0 radical (unpaired) electrons. The number of halogens is 3. The van der Waals surface area contributed by atoms with E-state index in [4.69, 9.17) is 4.74 Å². The molecular weight excluding hydrogens is 291 g/mol. The highest BCUT2D eigenvalue weighted by Gasteiger charge is 2.36. The average molecular weight is 303 g/mol. The molecule has 8 heteroatoms. The standard InChI is InChI=1S/C13H12F3NO4/c1-20-10-4-3-8(12(19)21-2)7-9(10)17-6-5-11(18)13(14,15)16/h3-7,17H,1-2H3/b6-5+. The van der Waals surface area contributed by atoms with E-state index < -0.39 is 17.9 Å². The second kappa shape index (κ2) is 6.78. The van der Waals surface area contributed by atoms with Crippen molar-refractivity contribution in [1.29, 1.82) is 0 Å². The van der Waals surface area contributed by atoms with Crippen LogP contribution in [0.5, 0.6) is 5.75 Å². The largest absolute Gasteiger partial charge is 0.495 e. The van der Waals surface area contributed by atoms with Gasteiger partial charge in [0.15, 0.2) is 0 Å². The highest BCUT2D eigenvalue weighted by atomic mass is 19.4. The van der Waals surface area contributed by atoms with Crippen molar-refractivity contribution >= 4 is 17.4 Å². The topological polar surface area (TPSA) is 64.6 Å². The summed E-state index contributed by atoms with van der Waals surface area (Å²) in [5.41, 5.74) is 0.392. The Hall–Kier alpha value is -2.51. The summed E-state index contributed by atoms with van der Waals surface area (Å²) < 4.78 is 45.6. The van der Waals surface area contributed by atoms with Gasteiger partial charge in [-0.05, 0) is 18.2 Å². The first-order valence-corrected chi connectivity index (χ1v) is 5.60. The number of carbonyl (C=O) groups is 2. The summed E-state index contributed by atoms with van der Waals surface area (Å²) in [6.45, 7) is 0. The van der Waals surface area contributed by atoms with Gasteiger partial charge < -0.3 is 14.8 Å². The van der Waals surface area contributed by atoms with Crippen LogP contribution in [0.3, 0.4) is 0 Å². The Bertz CT molecular complexity index is 567. The van der Waals surface area contributed by atoms with Crippen LogP contribution in [-0.4, -0.2) is 32.1 Å². The molecule has 1 N–H and O–H groups in total. The van der Waals surface area contributed by atoms with Gasteiger partial charge in [0.2, 0.25) is 0 Å². The van der Waals surface area contributed by atoms with Crippen LogP contribution in [0.4, 0.5) is 18.9 Å². The Balaban J connectivity index is 2.93. The molecular formula is C13H12F3NO4. The number of benzene rings is 1. The Morgan fingerprint density at radius 2 is 1.90 bits per heavy atom. The van der Waals surface area contributed by atoms with Gasteiger partial charge in [0.1, 0.15) is 5.75 Å². The van der Waals surface area contributed by atoms with Crippen molar-refractivity contribution in [2.45, 2.75) is 6.18 Å². The molecule has 0 unspecified atom stereocenters. The van der Waals surface area contributed by atoms with Gasteiger partial charge in [-0.15, -0.1) is 0 Å². The predicted molar refractivity (Wildman–Crippen MR) is 68.2 cm³/mol. The maximum atomic E-state index is 12.0. The van der Waals surface area contributed by atoms with Crippen molar-refractivity contribution in [3.63, 3.8) is 0 Å². The normalized spacial score (nSPS) is 11.3. The van der Waals surface area contributed by atoms with Crippen molar-refractivity contribution in [3.8, 4) is 5.75 Å². The van der Waals surface area contributed by atoms with Crippen molar-refractivity contribution < 1.29 is 32.2 Å². The molecule has 0 atom stereocenters. The van der Waals surface area contributed by atoms with Gasteiger partial charge in [0.25, 0.3) is 5.78 Å². The Labute approximate surface area is 118 Å². The lowest BCUT2D eigenvalue weighted by Gasteiger charge is -2.09. The molecule has 21 heavy (non-hydrogen) atoms. The molecule has 0 aliphatic carbocycles. The van der Waals surface area contributed by atoms with Crippen molar-refractivity contribution in [2.24, 2.45) is 0 Å². The number of alkyl halides is 3. The highest BCUT2D eigenvalue weighted by Crippen LogP contribution is 2.26. The lowest BCUT2D eigenvalue weighted by atomic mass is 10.2. The molecule has 0 aliphatic rings. The number of hydrogen-bond donors (Lipinski definition) is 1. The van der Waals surface area contributed by atoms with Gasteiger partial charge in [-0.2, -0.15) is 13.2 Å². The van der Waals surface area contributed by atoms with Gasteiger partial charge in [-0.1, -0.05) is 0 Å². The summed E-state index contributed by atoms with van der Waals surface area (Å²) in [6, 6.07) is 4.20. The maximum absolute atomic E-state index is 12.0. The van der Waals surface area contributed by atoms with E-state index >= 15 is 0 Å². The summed E-state index contributed by atoms with van der Waals surface area (Å²) in [6.07, 6.45) is -3.78. The number of ether oxygens (including phenoxy) is 2. The molecule has 0 spiro atoms. The molecule has 114 valence electrons. The Kier molecular flexibility index (Phi) is 5.34. The van der Waals surface area contributed by atoms with E-state index in [0.717, 1.165) is 6.20 Å². The van der Waals surface area contributed by atoms with Gasteiger partial charge in [-0.3, -0.25) is 4.79 Å². The van der Waals surface area contributed by atoms with Crippen LogP contribution in [0.25, 0.3) is 0 Å². The fraction of sp³-hybridized carbons (Fsp3) is 0.231. The molecule has 0 fully saturated rings. The number of methoxy groups -OCH3 is 2. The average Bonchev–Trinajstić information content (AvgIpc) is 2.45. The third-order valence-corrected chi connectivity index (χ3v) is 2.37. The van der Waals surface area contributed by atoms with E-state index in [9.17, 15) is 22.8 Å². The number of allylic oxidation sites excluding steroid dienone is 1. The van der Waals surface area contributed by atoms with Gasteiger partial charge in [0.05, 0.1) is 25.5 Å². The maximum Gasteiger partial charge on any atom is 0.454 e. The summed E-state index contributed by atoms with van der Waals surface area (Å²) in [5, 5.41) is 2.45. The first kappa shape index (κ1) is 16.5. The third kappa shape index (κ3) is 4.51. The van der Waals surface area contributed by atoms with Crippen LogP contribution in [0, 0.1) is 0 Å². The fourth-order valence-electron chi connectivity index (χ4n) is 1.37. The molecule has 0 saturated carbocycles. The molecule has 0 aliphatic heterocycles. The van der Waals surface area contributed by atoms with Crippen LogP contribution < -0.4 is 10.1 Å². The first-order chi connectivity index (χ1) is 9.79. The number of carbonyl (C=O) groups excluding carboxylic acids is 2. The van der Waals surface area contributed by atoms with Crippen molar-refractivity contribution in [1.82, 2.24) is 0 Å². The van der Waals surface area contributed by atoms with Gasteiger partial charge in [-0.25, -0.2) is 4.79 Å². The van der Waals surface area contributed by atoms with E-state index in [1.165, 1.54) is 32.4 Å². The van der Waals surface area contributed by atoms with Crippen LogP contribution in [0.1, 0.15) is 10.4 Å². The number of rotatable bonds is 5. The van der Waals surface area contributed by atoms with Crippen LogP contribution in [-0.2, 0) is 9.53 Å². The fourth-order valence-corrected chi connectivity index (χ4v) is 1.37. The number of hydrogen-bond acceptors (Lipinski definition) is 5. The molecule has 0 saturated heterocycles. The molecule has 5 nitrogen and oxygen atoms in total. The van der Waals surface area contributed by atoms with E-state index in [2.05, 4.69) is 10.1 Å². The monoisotopic (exact) mass is 303 g/mol. The van der Waals surface area contributed by atoms with E-state index in [0.29, 0.717) is 6.08 Å². The molecule has 0 bridgehead atoms. The molecule has 0 aromatic heterocycles. The van der Waals surface area contributed by atoms with E-state index in [1.807, 2.05) is 0 Å². The summed E-state index contributed by atoms with van der Waals surface area (Å²) in [4.78, 5) is 22.0. The predicted octanol–water partition coefficient (Wildman–Crippen LogP) is 2.54. The summed E-state index contributed by atoms with van der Waals surface area (Å²) >= 11 is 0. The molecule has 0 amide bonds. The molecule has 0 heterocycles. The van der Waals surface area contributed by atoms with Crippen LogP contribution in [0.15, 0.2) is 30.5 Å². The number of anilines is 1. The van der Waals surface area contributed by atoms with Crippen molar-refractivity contribution in [2.75, 3.05) is 19.5 Å². The summed E-state index contributed by atoms with van der Waals surface area (Å²) in [5.74, 6) is -2.33. The van der Waals surface area contributed by atoms with Crippen LogP contribution >= 0.6 is 0 Å². The molecule has 1 rings (SSSR count). The second-order valence-corrected chi connectivity index (χ2v) is 3.75. The minimum Gasteiger partial charge on any atom is -0.495 e. The zero-order valence-corrected chi connectivity index (χ0v) is 11.2. The lowest BCUT2D eigenvalue weighted by Crippen LogP contribution is -2.20. The smallest absolute Gasteiger partial charge is 0.454 e. The Morgan fingerprint density at radius 1 is 1.24 bits per heavy atom. The van der Waals surface area contributed by atoms with E-state index in [-0.39, 0.29) is 17.0 Å². The zero-order valence-electron chi connectivity index (χ0n) is 11.2. The van der Waals surface area contributed by atoms with Gasteiger partial charge >= 0.3 is 12.1 Å². The second-order valence-electron chi connectivity index (χ2n) is 3.75. The number of esters is 1. The first-order valence-electron chi connectivity index (χ1n) is 5.60. The quantitative estimate of drug-likeness (QED) is 0.669. The van der Waals surface area contributed by atoms with Gasteiger partial charge in [0, 0.05) is 12.3 Å². The molecule has 1 aromatic rings. The minimum atomic E-state index is -4.93. The third-order valence-electron chi connectivity index (χ3n) is 2.37. The summed E-state index contributed by atoms with van der Waals surface area (Å²) in [7, 11) is 2.55. The molecule has 1 aromatic carbocycles. The lowest BCUT2D eigenvalue weighted by molar-refractivity contribution is -0.165. The Morgan fingerprint density at radius 3 is 2.43 bits per heavy atom. The van der Waals surface area contributed by atoms with Crippen molar-refractivity contribution in [3.05, 3.63) is 36.0 Å². The highest BCUT2D eigenvalue weighted by molar-refractivity contribution is 5.95. The minimum absolute atomic E-state index is 0.177. The number of ketones is 1. The number of nitrogens with one attached hydrogen (secondary N) is 1.